The lowest BCUT2D eigenvalue weighted by Gasteiger charge is -2.27. The van der Waals surface area contributed by atoms with Crippen molar-refractivity contribution in [1.29, 1.82) is 0 Å². The van der Waals surface area contributed by atoms with Gasteiger partial charge in [0.25, 0.3) is 0 Å². The monoisotopic (exact) mass is 326 g/mol. The highest BCUT2D eigenvalue weighted by Gasteiger charge is 2.33. The van der Waals surface area contributed by atoms with Gasteiger partial charge < -0.3 is 10.1 Å². The zero-order chi connectivity index (χ0) is 16.5. The number of nitrogens with one attached hydrogen (secondary N) is 1. The molecule has 3 heterocycles. The minimum atomic E-state index is -0.0815. The molecule has 1 aromatic carbocycles. The number of benzene rings is 1. The summed E-state index contributed by atoms with van der Waals surface area (Å²) in [5.74, 6) is 0.0404. The van der Waals surface area contributed by atoms with Gasteiger partial charge in [-0.15, -0.1) is 0 Å². The number of fused-ring (bicyclic) bond motifs is 3. The molecule has 2 aliphatic heterocycles. The third-order valence-electron chi connectivity index (χ3n) is 4.73. The minimum Gasteiger partial charge on any atom is -0.378 e. The Balaban J connectivity index is 1.53. The molecule has 0 saturated carbocycles. The van der Waals surface area contributed by atoms with Crippen molar-refractivity contribution in [2.24, 2.45) is 5.92 Å². The molecule has 2 aliphatic rings. The summed E-state index contributed by atoms with van der Waals surface area (Å²) in [4.78, 5) is 14.5. The van der Waals surface area contributed by atoms with E-state index in [4.69, 9.17) is 4.74 Å². The molecule has 2 bridgehead atoms. The van der Waals surface area contributed by atoms with Crippen LogP contribution < -0.4 is 5.32 Å². The van der Waals surface area contributed by atoms with Crippen molar-refractivity contribution >= 4 is 5.91 Å². The van der Waals surface area contributed by atoms with Crippen molar-refractivity contribution < 1.29 is 9.53 Å². The molecule has 1 aromatic heterocycles. The Morgan fingerprint density at radius 3 is 2.92 bits per heavy atom. The number of rotatable bonds is 3. The van der Waals surface area contributed by atoms with Crippen LogP contribution in [0.25, 0.3) is 5.69 Å². The molecule has 0 spiro atoms. The number of nitrogens with zero attached hydrogens (tertiary/aromatic N) is 3. The quantitative estimate of drug-likeness (QED) is 0.918. The summed E-state index contributed by atoms with van der Waals surface area (Å²) in [6.07, 6.45) is 2.09. The van der Waals surface area contributed by atoms with Gasteiger partial charge in [-0.2, -0.15) is 5.10 Å². The van der Waals surface area contributed by atoms with E-state index in [-0.39, 0.29) is 17.9 Å². The molecular formula is C18H22N4O2. The fourth-order valence-corrected chi connectivity index (χ4v) is 3.45. The molecule has 126 valence electrons. The third kappa shape index (κ3) is 3.07. The number of amides is 1. The van der Waals surface area contributed by atoms with E-state index in [0.29, 0.717) is 13.2 Å². The second-order valence-corrected chi connectivity index (χ2v) is 6.65. The van der Waals surface area contributed by atoms with E-state index >= 15 is 0 Å². The number of aryl methyl sites for hydroxylation is 1. The van der Waals surface area contributed by atoms with Gasteiger partial charge in [0.05, 0.1) is 36.6 Å². The number of carbonyl (C=O) groups is 1. The first-order chi connectivity index (χ1) is 11.7. The van der Waals surface area contributed by atoms with Crippen LogP contribution in [0.5, 0.6) is 0 Å². The van der Waals surface area contributed by atoms with Gasteiger partial charge in [0.2, 0.25) is 5.91 Å². The van der Waals surface area contributed by atoms with E-state index < -0.39 is 0 Å². The molecule has 2 fully saturated rings. The molecule has 24 heavy (non-hydrogen) atoms. The second-order valence-electron chi connectivity index (χ2n) is 6.65. The first-order valence-corrected chi connectivity index (χ1v) is 8.40. The number of para-hydroxylation sites is 1. The van der Waals surface area contributed by atoms with Crippen LogP contribution in [0.3, 0.4) is 0 Å². The Labute approximate surface area is 141 Å². The number of hydrogen-bond acceptors (Lipinski definition) is 4. The van der Waals surface area contributed by atoms with Crippen LogP contribution in [-0.4, -0.2) is 52.9 Å². The zero-order valence-electron chi connectivity index (χ0n) is 13.8. The van der Waals surface area contributed by atoms with Crippen molar-refractivity contribution in [3.8, 4) is 5.69 Å². The lowest BCUT2D eigenvalue weighted by Crippen LogP contribution is -2.41. The summed E-state index contributed by atoms with van der Waals surface area (Å²) >= 11 is 0. The average molecular weight is 326 g/mol. The highest BCUT2D eigenvalue weighted by atomic mass is 16.5. The summed E-state index contributed by atoms with van der Waals surface area (Å²) < 4.78 is 7.52. The number of carbonyl (C=O) groups excluding carboxylic acids is 1. The van der Waals surface area contributed by atoms with Gasteiger partial charge in [-0.1, -0.05) is 18.2 Å². The lowest BCUT2D eigenvalue weighted by atomic mass is 10.1. The molecule has 1 N–H and O–H groups in total. The van der Waals surface area contributed by atoms with Crippen molar-refractivity contribution in [2.75, 3.05) is 26.3 Å². The van der Waals surface area contributed by atoms with Crippen molar-refractivity contribution in [2.45, 2.75) is 19.5 Å². The Morgan fingerprint density at radius 2 is 2.08 bits per heavy atom. The maximum atomic E-state index is 12.1. The van der Waals surface area contributed by atoms with Crippen LogP contribution in [0.15, 0.2) is 36.5 Å². The molecular weight excluding hydrogens is 304 g/mol. The summed E-state index contributed by atoms with van der Waals surface area (Å²) in [5.41, 5.74) is 3.29. The average Bonchev–Trinajstić information content (AvgIpc) is 2.74. The normalized spacial score (nSPS) is 24.5. The molecule has 4 rings (SSSR count). The molecule has 1 amide bonds. The van der Waals surface area contributed by atoms with Crippen molar-refractivity contribution in [3.05, 3.63) is 47.8 Å². The molecule has 0 radical (unpaired) electrons. The van der Waals surface area contributed by atoms with Gasteiger partial charge in [0, 0.05) is 31.4 Å². The van der Waals surface area contributed by atoms with Gasteiger partial charge in [0.1, 0.15) is 0 Å². The predicted octanol–water partition coefficient (Wildman–Crippen LogP) is 1.13. The first kappa shape index (κ1) is 15.4. The van der Waals surface area contributed by atoms with E-state index in [9.17, 15) is 4.79 Å². The Kier molecular flexibility index (Phi) is 4.08. The molecule has 2 aromatic rings. The summed E-state index contributed by atoms with van der Waals surface area (Å²) in [6, 6.07) is 10.2. The number of hydrogen-bond donors (Lipinski definition) is 1. The molecule has 2 saturated heterocycles. The summed E-state index contributed by atoms with van der Waals surface area (Å²) in [5, 5.41) is 7.72. The third-order valence-corrected chi connectivity index (χ3v) is 4.73. The van der Waals surface area contributed by atoms with Gasteiger partial charge in [-0.3, -0.25) is 9.69 Å². The van der Waals surface area contributed by atoms with Gasteiger partial charge in [0.15, 0.2) is 0 Å². The topological polar surface area (TPSA) is 59.4 Å². The van der Waals surface area contributed by atoms with Crippen LogP contribution in [-0.2, 0) is 16.1 Å². The lowest BCUT2D eigenvalue weighted by molar-refractivity contribution is -0.125. The van der Waals surface area contributed by atoms with Crippen LogP contribution in [0.1, 0.15) is 11.3 Å². The van der Waals surface area contributed by atoms with E-state index in [2.05, 4.69) is 21.5 Å². The fraction of sp³-hybridized carbons (Fsp3) is 0.444. The fourth-order valence-electron chi connectivity index (χ4n) is 3.45. The first-order valence-electron chi connectivity index (χ1n) is 8.40. The molecule has 0 aliphatic carbocycles. The maximum absolute atomic E-state index is 12.1. The second kappa shape index (κ2) is 6.37. The van der Waals surface area contributed by atoms with E-state index in [1.807, 2.05) is 41.9 Å². The molecule has 6 heteroatoms. The number of aromatic nitrogens is 2. The molecule has 0 unspecified atom stereocenters. The standard InChI is InChI=1S/C18H22N4O2/c1-13-14(9-22(20-13)17-5-3-2-4-6-17)7-21-8-15-11-24-12-16(10-21)19-18(15)23/h2-6,9,15-16H,7-8,10-12H2,1H3,(H,19,23)/t15-,16+/m1/s1. The largest absolute Gasteiger partial charge is 0.378 e. The van der Waals surface area contributed by atoms with Gasteiger partial charge in [-0.25, -0.2) is 4.68 Å². The molecule has 2 atom stereocenters. The SMILES string of the molecule is Cc1nn(-c2ccccc2)cc1CN1C[C@H]2COC[C@@H](C1)C(=O)N2. The summed E-state index contributed by atoms with van der Waals surface area (Å²) in [6.45, 7) is 5.51. The predicted molar refractivity (Wildman–Crippen MR) is 89.8 cm³/mol. The van der Waals surface area contributed by atoms with E-state index in [0.717, 1.165) is 31.0 Å². The number of ether oxygens (including phenoxy) is 1. The van der Waals surface area contributed by atoms with Crippen LogP contribution in [0.4, 0.5) is 0 Å². The van der Waals surface area contributed by atoms with Crippen LogP contribution >= 0.6 is 0 Å². The van der Waals surface area contributed by atoms with E-state index in [1.165, 1.54) is 5.56 Å². The zero-order valence-corrected chi connectivity index (χ0v) is 13.8. The summed E-state index contributed by atoms with van der Waals surface area (Å²) in [7, 11) is 0. The van der Waals surface area contributed by atoms with Gasteiger partial charge >= 0.3 is 0 Å². The van der Waals surface area contributed by atoms with Crippen molar-refractivity contribution in [1.82, 2.24) is 20.0 Å². The highest BCUT2D eigenvalue weighted by molar-refractivity contribution is 5.79. The molecule has 6 nitrogen and oxygen atoms in total. The van der Waals surface area contributed by atoms with Crippen LogP contribution in [0.2, 0.25) is 0 Å². The van der Waals surface area contributed by atoms with E-state index in [1.54, 1.807) is 0 Å². The Morgan fingerprint density at radius 1 is 1.25 bits per heavy atom. The minimum absolute atomic E-state index is 0.0782. The van der Waals surface area contributed by atoms with Gasteiger partial charge in [-0.05, 0) is 19.1 Å². The van der Waals surface area contributed by atoms with Crippen molar-refractivity contribution in [3.63, 3.8) is 0 Å². The smallest absolute Gasteiger partial charge is 0.227 e. The Bertz CT molecular complexity index is 728. The maximum Gasteiger partial charge on any atom is 0.227 e. The Hall–Kier alpha value is -2.18. The van der Waals surface area contributed by atoms with Crippen LogP contribution in [0, 0.1) is 12.8 Å². The highest BCUT2D eigenvalue weighted by Crippen LogP contribution is 2.18.